The van der Waals surface area contributed by atoms with E-state index in [-0.39, 0.29) is 16.8 Å². The number of quaternary nitrogens is 1. The van der Waals surface area contributed by atoms with Gasteiger partial charge in [0.2, 0.25) is 0 Å². The van der Waals surface area contributed by atoms with Gasteiger partial charge in [-0.1, -0.05) is 25.2 Å². The van der Waals surface area contributed by atoms with Crippen molar-refractivity contribution >= 4 is 53.0 Å². The fraction of sp³-hybridized carbons (Fsp3) is 0.158. The summed E-state index contributed by atoms with van der Waals surface area (Å²) in [5.41, 5.74) is 1.04. The maximum absolute atomic E-state index is 13.3. The predicted octanol–water partition coefficient (Wildman–Crippen LogP) is 2.15. The summed E-state index contributed by atoms with van der Waals surface area (Å²) in [7, 11) is -0.740. The molecule has 1 unspecified atom stereocenters. The quantitative estimate of drug-likeness (QED) is 0.363. The minimum Gasteiger partial charge on any atom is -0.288 e. The molecule has 2 aliphatic heterocycles. The van der Waals surface area contributed by atoms with E-state index in [9.17, 15) is 19.2 Å². The Morgan fingerprint density at radius 1 is 0.889 bits per heavy atom. The topological polar surface area (TPSA) is 80.3 Å². The van der Waals surface area contributed by atoms with Gasteiger partial charge in [-0.3, -0.25) is 14.9 Å². The maximum Gasteiger partial charge on any atom is 0.359 e. The lowest BCUT2D eigenvalue weighted by Gasteiger charge is -2.24. The van der Waals surface area contributed by atoms with Crippen LogP contribution < -0.4 is 15.0 Å². The van der Waals surface area contributed by atoms with E-state index >= 15 is 0 Å². The first-order valence-corrected chi connectivity index (χ1v) is 12.4. The first kappa shape index (κ1) is 17.8. The van der Waals surface area contributed by atoms with Gasteiger partial charge in [0.25, 0.3) is 11.8 Å². The normalized spacial score (nSPS) is 21.3. The Labute approximate surface area is 161 Å². The first-order chi connectivity index (χ1) is 12.6. The van der Waals surface area contributed by atoms with Gasteiger partial charge in [0.05, 0.1) is 23.7 Å². The predicted molar refractivity (Wildman–Crippen MR) is 104 cm³/mol. The Balaban J connectivity index is 1.94. The molecule has 0 bridgehead atoms. The van der Waals surface area contributed by atoms with Crippen LogP contribution in [0.4, 0.5) is 5.69 Å². The molecule has 0 saturated carbocycles. The van der Waals surface area contributed by atoms with E-state index in [4.69, 9.17) is 11.1 Å². The van der Waals surface area contributed by atoms with Crippen LogP contribution in [-0.4, -0.2) is 38.1 Å². The fourth-order valence-corrected chi connectivity index (χ4v) is 4.96. The first-order valence-electron chi connectivity index (χ1n) is 8.36. The zero-order chi connectivity index (χ0) is 19.7. The number of nitrogens with zero attached hydrogens (tertiary/aromatic N) is 1. The summed E-state index contributed by atoms with van der Waals surface area (Å²) in [4.78, 5) is 50.8. The van der Waals surface area contributed by atoms with Gasteiger partial charge in [-0.15, -0.1) is 0 Å². The number of halogens is 1. The van der Waals surface area contributed by atoms with Crippen LogP contribution in [0.2, 0.25) is 13.1 Å². The molecule has 27 heavy (non-hydrogen) atoms. The lowest BCUT2D eigenvalue weighted by molar-refractivity contribution is 0.0697. The summed E-state index contributed by atoms with van der Waals surface area (Å²) in [5.74, 6) is -2.00. The molecular formula is C19H16ClN2O4Si+. The van der Waals surface area contributed by atoms with Crippen molar-refractivity contribution in [3.63, 3.8) is 0 Å². The number of imide groups is 2. The zero-order valence-corrected chi connectivity index (χ0v) is 16.7. The van der Waals surface area contributed by atoms with Gasteiger partial charge >= 0.3 is 11.8 Å². The van der Waals surface area contributed by atoms with E-state index in [1.165, 1.54) is 13.1 Å². The van der Waals surface area contributed by atoms with Gasteiger partial charge < -0.3 is 0 Å². The lowest BCUT2D eigenvalue weighted by Crippen LogP contribution is -2.51. The summed E-state index contributed by atoms with van der Waals surface area (Å²) in [6.07, 6.45) is 0. The van der Waals surface area contributed by atoms with Crippen molar-refractivity contribution in [2.45, 2.75) is 13.1 Å². The number of hydrogen-bond acceptors (Lipinski definition) is 4. The number of nitrogens with one attached hydrogen (secondary N) is 1. The van der Waals surface area contributed by atoms with Gasteiger partial charge in [-0.2, -0.15) is 15.6 Å². The van der Waals surface area contributed by atoms with E-state index in [2.05, 4.69) is 5.32 Å². The average Bonchev–Trinajstić information content (AvgIpc) is 3.02. The molecular weight excluding hydrogens is 384 g/mol. The summed E-state index contributed by atoms with van der Waals surface area (Å²) in [5, 5.41) is 3.07. The molecule has 0 saturated heterocycles. The van der Waals surface area contributed by atoms with Gasteiger partial charge in [-0.25, -0.2) is 9.59 Å². The van der Waals surface area contributed by atoms with E-state index in [1.54, 1.807) is 30.3 Å². The summed E-state index contributed by atoms with van der Waals surface area (Å²) in [6, 6.07) is 9.71. The van der Waals surface area contributed by atoms with Crippen molar-refractivity contribution in [1.29, 1.82) is 0 Å². The smallest absolute Gasteiger partial charge is 0.288 e. The van der Waals surface area contributed by atoms with Crippen molar-refractivity contribution in [2.24, 2.45) is 0 Å². The third kappa shape index (κ3) is 2.29. The highest BCUT2D eigenvalue weighted by molar-refractivity contribution is 7.26. The molecule has 0 aliphatic carbocycles. The SMILES string of the molecule is C[N+]1(c2cccc3c2C(=O)NC3=O)C(=O)c2ccc([Si](C)(C)Cl)cc2C1=O. The molecule has 0 spiro atoms. The third-order valence-electron chi connectivity index (χ3n) is 5.20. The molecule has 0 fully saturated rings. The van der Waals surface area contributed by atoms with Crippen molar-refractivity contribution in [3.05, 3.63) is 58.7 Å². The number of benzene rings is 2. The molecule has 2 aliphatic rings. The molecule has 1 N–H and O–H groups in total. The Kier molecular flexibility index (Phi) is 3.59. The van der Waals surface area contributed by atoms with Crippen LogP contribution in [0.5, 0.6) is 0 Å². The Bertz CT molecular complexity index is 1090. The van der Waals surface area contributed by atoms with E-state index in [0.29, 0.717) is 11.1 Å². The second-order valence-corrected chi connectivity index (χ2v) is 13.7. The monoisotopic (exact) mass is 399 g/mol. The molecule has 4 rings (SSSR count). The Morgan fingerprint density at radius 2 is 1.56 bits per heavy atom. The van der Waals surface area contributed by atoms with Gasteiger partial charge in [0.1, 0.15) is 5.56 Å². The summed E-state index contributed by atoms with van der Waals surface area (Å²) < 4.78 is -0.715. The zero-order valence-electron chi connectivity index (χ0n) is 14.9. The second-order valence-electron chi connectivity index (χ2n) is 7.33. The number of carbonyl (C=O) groups excluding carboxylic acids is 4. The number of carbonyl (C=O) groups is 4. The van der Waals surface area contributed by atoms with Gasteiger partial charge in [0.15, 0.2) is 13.1 Å². The van der Waals surface area contributed by atoms with Crippen LogP contribution in [-0.2, 0) is 0 Å². The van der Waals surface area contributed by atoms with Crippen molar-refractivity contribution in [1.82, 2.24) is 9.80 Å². The minimum atomic E-state index is -2.20. The van der Waals surface area contributed by atoms with Crippen LogP contribution in [0, 0.1) is 0 Å². The fourth-order valence-electron chi connectivity index (χ4n) is 3.64. The maximum atomic E-state index is 13.3. The van der Waals surface area contributed by atoms with E-state index < -0.39 is 35.5 Å². The molecule has 0 aromatic heterocycles. The van der Waals surface area contributed by atoms with Crippen LogP contribution in [0.25, 0.3) is 0 Å². The number of amides is 4. The standard InChI is InChI=1S/C19H15ClN2O4Si/c1-22(14-6-4-5-12-15(14)17(24)21-16(12)23)18(25)11-8-7-10(27(2,3)20)9-13(11)19(22)26/h4-9H,1-3H3/p+1. The highest BCUT2D eigenvalue weighted by Crippen LogP contribution is 2.38. The molecule has 136 valence electrons. The van der Waals surface area contributed by atoms with E-state index in [0.717, 1.165) is 5.19 Å². The molecule has 4 amide bonds. The molecule has 2 aromatic rings. The highest BCUT2D eigenvalue weighted by Gasteiger charge is 2.55. The summed E-state index contributed by atoms with van der Waals surface area (Å²) >= 11 is 6.49. The average molecular weight is 400 g/mol. The minimum absolute atomic E-state index is 0.0757. The van der Waals surface area contributed by atoms with Crippen LogP contribution in [0.15, 0.2) is 36.4 Å². The molecule has 2 heterocycles. The molecule has 1 atom stereocenters. The van der Waals surface area contributed by atoms with Gasteiger partial charge in [-0.05, 0) is 23.4 Å². The van der Waals surface area contributed by atoms with Crippen molar-refractivity contribution in [2.75, 3.05) is 7.05 Å². The molecule has 6 nitrogen and oxygen atoms in total. The number of fused-ring (bicyclic) bond motifs is 2. The van der Waals surface area contributed by atoms with Crippen LogP contribution in [0.3, 0.4) is 0 Å². The molecule has 8 heteroatoms. The van der Waals surface area contributed by atoms with Gasteiger partial charge in [0, 0.05) is 6.07 Å². The van der Waals surface area contributed by atoms with E-state index in [1.807, 2.05) is 13.1 Å². The second kappa shape index (κ2) is 5.45. The molecule has 2 aromatic carbocycles. The Hall–Kier alpha value is -2.61. The van der Waals surface area contributed by atoms with Crippen molar-refractivity contribution < 1.29 is 19.2 Å². The summed E-state index contributed by atoms with van der Waals surface area (Å²) in [6.45, 7) is 3.87. The third-order valence-corrected chi connectivity index (χ3v) is 7.54. The van der Waals surface area contributed by atoms with Crippen molar-refractivity contribution in [3.8, 4) is 0 Å². The largest absolute Gasteiger partial charge is 0.359 e. The molecule has 0 radical (unpaired) electrons. The van der Waals surface area contributed by atoms with Crippen LogP contribution in [0.1, 0.15) is 41.4 Å². The highest BCUT2D eigenvalue weighted by atomic mass is 35.6. The number of rotatable bonds is 2. The number of hydrogen-bond donors (Lipinski definition) is 1. The van der Waals surface area contributed by atoms with Crippen LogP contribution >= 0.6 is 11.1 Å². The Morgan fingerprint density at radius 3 is 2.22 bits per heavy atom. The lowest BCUT2D eigenvalue weighted by atomic mass is 10.1.